The van der Waals surface area contributed by atoms with Gasteiger partial charge >= 0.3 is 0 Å². The van der Waals surface area contributed by atoms with Crippen molar-refractivity contribution in [1.29, 1.82) is 0 Å². The molecular formula is C15H13ClO. The minimum Gasteiger partial charge on any atom is -0.488 e. The average Bonchev–Trinajstić information content (AvgIpc) is 2.38. The maximum Gasteiger partial charge on any atom is 0.128 e. The van der Waals surface area contributed by atoms with E-state index in [0.29, 0.717) is 11.6 Å². The molecule has 2 aromatic carbocycles. The molecule has 0 spiro atoms. The molecule has 0 saturated carbocycles. The highest BCUT2D eigenvalue weighted by molar-refractivity contribution is 6.30. The first-order valence-corrected chi connectivity index (χ1v) is 5.76. The highest BCUT2D eigenvalue weighted by Crippen LogP contribution is 2.25. The molecule has 2 aromatic rings. The summed E-state index contributed by atoms with van der Waals surface area (Å²) in [6.45, 7) is 4.28. The SMILES string of the molecule is C=Cc1ccc(Cl)cc1OCc1ccccc1. The molecule has 1 nitrogen and oxygen atoms in total. The van der Waals surface area contributed by atoms with Crippen LogP contribution in [0.25, 0.3) is 6.08 Å². The maximum absolute atomic E-state index is 5.94. The van der Waals surface area contributed by atoms with E-state index in [4.69, 9.17) is 16.3 Å². The van der Waals surface area contributed by atoms with Gasteiger partial charge < -0.3 is 4.74 Å². The lowest BCUT2D eigenvalue weighted by Crippen LogP contribution is -1.96. The van der Waals surface area contributed by atoms with E-state index >= 15 is 0 Å². The Morgan fingerprint density at radius 1 is 1.12 bits per heavy atom. The van der Waals surface area contributed by atoms with Crippen molar-refractivity contribution in [2.75, 3.05) is 0 Å². The van der Waals surface area contributed by atoms with Crippen LogP contribution in [0.4, 0.5) is 0 Å². The van der Waals surface area contributed by atoms with E-state index in [9.17, 15) is 0 Å². The summed E-state index contributed by atoms with van der Waals surface area (Å²) in [6, 6.07) is 15.6. The topological polar surface area (TPSA) is 9.23 Å². The first-order valence-electron chi connectivity index (χ1n) is 5.38. The van der Waals surface area contributed by atoms with Crippen molar-refractivity contribution >= 4 is 17.7 Å². The molecule has 0 radical (unpaired) electrons. The minimum absolute atomic E-state index is 0.530. The van der Waals surface area contributed by atoms with E-state index in [1.165, 1.54) is 0 Å². The summed E-state index contributed by atoms with van der Waals surface area (Å²) < 4.78 is 5.74. The fraction of sp³-hybridized carbons (Fsp3) is 0.0667. The number of hydrogen-bond donors (Lipinski definition) is 0. The number of hydrogen-bond acceptors (Lipinski definition) is 1. The molecule has 0 aliphatic rings. The fourth-order valence-electron chi connectivity index (χ4n) is 1.54. The molecule has 0 aromatic heterocycles. The summed E-state index contributed by atoms with van der Waals surface area (Å²) in [5, 5.41) is 0.665. The van der Waals surface area contributed by atoms with Crippen LogP contribution in [0.3, 0.4) is 0 Å². The molecule has 17 heavy (non-hydrogen) atoms. The Morgan fingerprint density at radius 3 is 2.59 bits per heavy atom. The van der Waals surface area contributed by atoms with Crippen molar-refractivity contribution in [1.82, 2.24) is 0 Å². The smallest absolute Gasteiger partial charge is 0.128 e. The summed E-state index contributed by atoms with van der Waals surface area (Å²) in [7, 11) is 0. The summed E-state index contributed by atoms with van der Waals surface area (Å²) in [5.41, 5.74) is 2.08. The first-order chi connectivity index (χ1) is 8.29. The van der Waals surface area contributed by atoms with Crippen molar-refractivity contribution in [2.45, 2.75) is 6.61 Å². The van der Waals surface area contributed by atoms with E-state index in [2.05, 4.69) is 6.58 Å². The van der Waals surface area contributed by atoms with Crippen LogP contribution in [0.1, 0.15) is 11.1 Å². The van der Waals surface area contributed by atoms with Crippen molar-refractivity contribution in [3.8, 4) is 5.75 Å². The number of rotatable bonds is 4. The van der Waals surface area contributed by atoms with Gasteiger partial charge in [0, 0.05) is 10.6 Å². The van der Waals surface area contributed by atoms with E-state index < -0.39 is 0 Å². The normalized spacial score (nSPS) is 9.94. The predicted molar refractivity (Wildman–Crippen MR) is 72.3 cm³/mol. The molecule has 0 aliphatic carbocycles. The molecule has 0 unspecified atom stereocenters. The Balaban J connectivity index is 2.13. The molecule has 2 rings (SSSR count). The highest BCUT2D eigenvalue weighted by atomic mass is 35.5. The Morgan fingerprint density at radius 2 is 1.88 bits per heavy atom. The molecule has 0 heterocycles. The average molecular weight is 245 g/mol. The molecule has 0 atom stereocenters. The Labute approximate surface area is 106 Å². The van der Waals surface area contributed by atoms with Gasteiger partial charge in [-0.05, 0) is 23.8 Å². The Kier molecular flexibility index (Phi) is 3.84. The zero-order valence-electron chi connectivity index (χ0n) is 9.40. The number of halogens is 1. The van der Waals surface area contributed by atoms with E-state index in [0.717, 1.165) is 16.9 Å². The lowest BCUT2D eigenvalue weighted by Gasteiger charge is -2.09. The Bertz CT molecular complexity index is 506. The van der Waals surface area contributed by atoms with Gasteiger partial charge in [0.05, 0.1) is 0 Å². The van der Waals surface area contributed by atoms with E-state index in [1.54, 1.807) is 6.08 Å². The van der Waals surface area contributed by atoms with Crippen molar-refractivity contribution in [2.24, 2.45) is 0 Å². The molecule has 0 saturated heterocycles. The van der Waals surface area contributed by atoms with Gasteiger partial charge in [0.2, 0.25) is 0 Å². The standard InChI is InChI=1S/C15H13ClO/c1-2-13-8-9-14(16)10-15(13)17-11-12-6-4-3-5-7-12/h2-10H,1,11H2. The second kappa shape index (κ2) is 5.55. The summed E-state index contributed by atoms with van der Waals surface area (Å²) in [6.07, 6.45) is 1.76. The monoisotopic (exact) mass is 244 g/mol. The molecule has 86 valence electrons. The van der Waals surface area contributed by atoms with Crippen molar-refractivity contribution in [3.05, 3.63) is 71.3 Å². The highest BCUT2D eigenvalue weighted by Gasteiger charge is 2.02. The molecule has 0 fully saturated rings. The summed E-state index contributed by atoms with van der Waals surface area (Å²) >= 11 is 5.94. The molecular weight excluding hydrogens is 232 g/mol. The second-order valence-corrected chi connectivity index (χ2v) is 4.10. The van der Waals surface area contributed by atoms with Crippen LogP contribution in [-0.2, 0) is 6.61 Å². The van der Waals surface area contributed by atoms with Crippen LogP contribution in [0.5, 0.6) is 5.75 Å². The third-order valence-electron chi connectivity index (χ3n) is 2.43. The van der Waals surface area contributed by atoms with Gasteiger partial charge in [-0.15, -0.1) is 0 Å². The molecule has 0 amide bonds. The first kappa shape index (κ1) is 11.7. The van der Waals surface area contributed by atoms with Crippen LogP contribution < -0.4 is 4.74 Å². The van der Waals surface area contributed by atoms with Crippen LogP contribution in [0, 0.1) is 0 Å². The largest absolute Gasteiger partial charge is 0.488 e. The van der Waals surface area contributed by atoms with Crippen LogP contribution in [0.2, 0.25) is 5.02 Å². The van der Waals surface area contributed by atoms with Gasteiger partial charge in [-0.2, -0.15) is 0 Å². The van der Waals surface area contributed by atoms with Gasteiger partial charge in [-0.3, -0.25) is 0 Å². The zero-order chi connectivity index (χ0) is 12.1. The lowest BCUT2D eigenvalue weighted by molar-refractivity contribution is 0.305. The van der Waals surface area contributed by atoms with Crippen LogP contribution in [0.15, 0.2) is 55.1 Å². The van der Waals surface area contributed by atoms with Gasteiger partial charge in [0.25, 0.3) is 0 Å². The minimum atomic E-state index is 0.530. The molecule has 0 aliphatic heterocycles. The quantitative estimate of drug-likeness (QED) is 0.766. The van der Waals surface area contributed by atoms with E-state index in [-0.39, 0.29) is 0 Å². The van der Waals surface area contributed by atoms with Crippen molar-refractivity contribution in [3.63, 3.8) is 0 Å². The van der Waals surface area contributed by atoms with Gasteiger partial charge in [0.1, 0.15) is 12.4 Å². The third kappa shape index (κ3) is 3.11. The van der Waals surface area contributed by atoms with E-state index in [1.807, 2.05) is 48.5 Å². The molecule has 2 heteroatoms. The number of ether oxygens (including phenoxy) is 1. The summed E-state index contributed by atoms with van der Waals surface area (Å²) in [4.78, 5) is 0. The van der Waals surface area contributed by atoms with Gasteiger partial charge in [-0.25, -0.2) is 0 Å². The Hall–Kier alpha value is -1.73. The maximum atomic E-state index is 5.94. The van der Waals surface area contributed by atoms with Crippen LogP contribution >= 0.6 is 11.6 Å². The van der Waals surface area contributed by atoms with Crippen molar-refractivity contribution < 1.29 is 4.74 Å². The summed E-state index contributed by atoms with van der Waals surface area (Å²) in [5.74, 6) is 0.761. The predicted octanol–water partition coefficient (Wildman–Crippen LogP) is 4.56. The lowest BCUT2D eigenvalue weighted by atomic mass is 10.2. The number of benzene rings is 2. The van der Waals surface area contributed by atoms with Gasteiger partial charge in [0.15, 0.2) is 0 Å². The fourth-order valence-corrected chi connectivity index (χ4v) is 1.70. The second-order valence-electron chi connectivity index (χ2n) is 3.66. The third-order valence-corrected chi connectivity index (χ3v) is 2.67. The zero-order valence-corrected chi connectivity index (χ0v) is 10.2. The molecule has 0 bridgehead atoms. The van der Waals surface area contributed by atoms with Gasteiger partial charge in [-0.1, -0.05) is 54.6 Å². The molecule has 0 N–H and O–H groups in total. The van der Waals surface area contributed by atoms with Crippen LogP contribution in [-0.4, -0.2) is 0 Å².